The monoisotopic (exact) mass is 411 g/mol. The van der Waals surface area contributed by atoms with Crippen LogP contribution < -0.4 is 10.1 Å². The highest BCUT2D eigenvalue weighted by atomic mass is 19.4. The van der Waals surface area contributed by atoms with Crippen molar-refractivity contribution in [3.05, 3.63) is 78.1 Å². The van der Waals surface area contributed by atoms with E-state index in [1.165, 1.54) is 6.20 Å². The normalized spacial score (nSPS) is 11.6. The van der Waals surface area contributed by atoms with Gasteiger partial charge in [-0.05, 0) is 29.0 Å². The number of pyridine rings is 2. The lowest BCUT2D eigenvalue weighted by atomic mass is 10.0. The fourth-order valence-corrected chi connectivity index (χ4v) is 3.21. The molecule has 0 bridgehead atoms. The van der Waals surface area contributed by atoms with E-state index in [4.69, 9.17) is 4.74 Å². The van der Waals surface area contributed by atoms with Crippen molar-refractivity contribution in [1.82, 2.24) is 15.3 Å². The minimum absolute atomic E-state index is 0.0407. The van der Waals surface area contributed by atoms with Crippen LogP contribution in [0.15, 0.2) is 67.0 Å². The molecular formula is C22H16F3N3O2. The van der Waals surface area contributed by atoms with Gasteiger partial charge in [0.15, 0.2) is 6.61 Å². The van der Waals surface area contributed by atoms with Crippen molar-refractivity contribution in [2.24, 2.45) is 0 Å². The second-order valence-electron chi connectivity index (χ2n) is 6.60. The zero-order chi connectivity index (χ0) is 21.1. The molecule has 0 atom stereocenters. The van der Waals surface area contributed by atoms with Gasteiger partial charge in [-0.3, -0.25) is 9.78 Å². The van der Waals surface area contributed by atoms with E-state index in [2.05, 4.69) is 15.3 Å². The number of amides is 1. The third-order valence-corrected chi connectivity index (χ3v) is 4.52. The van der Waals surface area contributed by atoms with E-state index in [9.17, 15) is 18.0 Å². The van der Waals surface area contributed by atoms with Crippen LogP contribution >= 0.6 is 0 Å². The molecule has 2 heterocycles. The number of hydrogen-bond donors (Lipinski definition) is 1. The topological polar surface area (TPSA) is 64.1 Å². The maximum Gasteiger partial charge on any atom is 0.422 e. The van der Waals surface area contributed by atoms with E-state index in [1.54, 1.807) is 30.5 Å². The average molecular weight is 411 g/mol. The van der Waals surface area contributed by atoms with Gasteiger partial charge in [0.2, 0.25) is 5.88 Å². The molecule has 1 amide bonds. The molecule has 0 aliphatic heterocycles. The summed E-state index contributed by atoms with van der Waals surface area (Å²) in [5.41, 5.74) is 1.27. The van der Waals surface area contributed by atoms with E-state index >= 15 is 0 Å². The number of nitrogens with zero attached hydrogens (tertiary/aromatic N) is 2. The first-order chi connectivity index (χ1) is 14.4. The number of carbonyl (C=O) groups excluding carboxylic acids is 1. The predicted molar refractivity (Wildman–Crippen MR) is 106 cm³/mol. The Morgan fingerprint density at radius 3 is 2.53 bits per heavy atom. The highest BCUT2D eigenvalue weighted by molar-refractivity contribution is 6.15. The fourth-order valence-electron chi connectivity index (χ4n) is 3.21. The summed E-state index contributed by atoms with van der Waals surface area (Å²) in [6.45, 7) is -1.49. The summed E-state index contributed by atoms with van der Waals surface area (Å²) >= 11 is 0. The van der Waals surface area contributed by atoms with E-state index in [-0.39, 0.29) is 12.4 Å². The largest absolute Gasteiger partial charge is 0.468 e. The quantitative estimate of drug-likeness (QED) is 0.486. The average Bonchev–Trinajstić information content (AvgIpc) is 2.75. The third kappa shape index (κ3) is 4.17. The Morgan fingerprint density at radius 2 is 1.70 bits per heavy atom. The predicted octanol–water partition coefficient (Wildman–Crippen LogP) is 4.65. The van der Waals surface area contributed by atoms with Gasteiger partial charge in [-0.25, -0.2) is 4.98 Å². The number of nitrogens with one attached hydrogen (secondary N) is 1. The first-order valence-corrected chi connectivity index (χ1v) is 9.10. The Bertz CT molecular complexity index is 1230. The van der Waals surface area contributed by atoms with Crippen molar-refractivity contribution in [1.29, 1.82) is 0 Å². The molecule has 2 aromatic carbocycles. The standard InChI is InChI=1S/C22H16F3N3O2/c23-22(24,25)13-30-21-15(6-3-10-27-21)12-28-20(29)18-11-14-5-1-2-7-16(14)17-8-4-9-26-19(17)18/h1-11H,12-13H2,(H,28,29). The van der Waals surface area contributed by atoms with Crippen LogP contribution in [0.3, 0.4) is 0 Å². The number of hydrogen-bond acceptors (Lipinski definition) is 4. The minimum atomic E-state index is -4.48. The molecule has 152 valence electrons. The Morgan fingerprint density at radius 1 is 0.967 bits per heavy atom. The van der Waals surface area contributed by atoms with Crippen LogP contribution in [-0.4, -0.2) is 28.7 Å². The van der Waals surface area contributed by atoms with Crippen LogP contribution in [0.25, 0.3) is 21.7 Å². The Balaban J connectivity index is 1.60. The zero-order valence-electron chi connectivity index (χ0n) is 15.6. The molecule has 0 spiro atoms. The molecule has 4 aromatic rings. The van der Waals surface area contributed by atoms with Gasteiger partial charge in [0.1, 0.15) is 0 Å². The molecule has 30 heavy (non-hydrogen) atoms. The lowest BCUT2D eigenvalue weighted by Gasteiger charge is -2.13. The molecule has 8 heteroatoms. The number of benzene rings is 2. The van der Waals surface area contributed by atoms with Crippen LogP contribution in [0.4, 0.5) is 13.2 Å². The smallest absolute Gasteiger partial charge is 0.422 e. The van der Waals surface area contributed by atoms with Gasteiger partial charge >= 0.3 is 6.18 Å². The lowest BCUT2D eigenvalue weighted by molar-refractivity contribution is -0.154. The Labute approximate surface area is 169 Å². The Kier molecular flexibility index (Phi) is 5.22. The molecule has 0 radical (unpaired) electrons. The summed E-state index contributed by atoms with van der Waals surface area (Å²) in [5, 5.41) is 5.44. The van der Waals surface area contributed by atoms with E-state index in [0.717, 1.165) is 16.2 Å². The summed E-state index contributed by atoms with van der Waals surface area (Å²) in [4.78, 5) is 21.1. The first-order valence-electron chi connectivity index (χ1n) is 9.10. The molecule has 0 unspecified atom stereocenters. The summed E-state index contributed by atoms with van der Waals surface area (Å²) in [7, 11) is 0. The van der Waals surface area contributed by atoms with Crippen LogP contribution in [0.5, 0.6) is 5.88 Å². The van der Waals surface area contributed by atoms with E-state index in [1.807, 2.05) is 30.3 Å². The molecule has 0 aliphatic carbocycles. The summed E-state index contributed by atoms with van der Waals surface area (Å²) in [5.74, 6) is -0.563. The number of rotatable bonds is 5. The second-order valence-corrected chi connectivity index (χ2v) is 6.60. The number of carbonyl (C=O) groups is 1. The van der Waals surface area contributed by atoms with Gasteiger partial charge in [-0.15, -0.1) is 0 Å². The number of ether oxygens (including phenoxy) is 1. The third-order valence-electron chi connectivity index (χ3n) is 4.52. The van der Waals surface area contributed by atoms with Crippen LogP contribution in [0.2, 0.25) is 0 Å². The number of fused-ring (bicyclic) bond motifs is 3. The van der Waals surface area contributed by atoms with Gasteiger partial charge < -0.3 is 10.1 Å². The fraction of sp³-hybridized carbons (Fsp3) is 0.136. The van der Waals surface area contributed by atoms with Gasteiger partial charge in [-0.2, -0.15) is 13.2 Å². The number of halogens is 3. The summed E-state index contributed by atoms with van der Waals surface area (Å²) in [6, 6.07) is 16.2. The molecule has 1 N–H and O–H groups in total. The van der Waals surface area contributed by atoms with Crippen molar-refractivity contribution in [2.45, 2.75) is 12.7 Å². The number of aromatic nitrogens is 2. The van der Waals surface area contributed by atoms with E-state index < -0.39 is 18.7 Å². The van der Waals surface area contributed by atoms with Crippen molar-refractivity contribution in [3.8, 4) is 5.88 Å². The van der Waals surface area contributed by atoms with Crippen LogP contribution in [0.1, 0.15) is 15.9 Å². The van der Waals surface area contributed by atoms with Crippen molar-refractivity contribution in [3.63, 3.8) is 0 Å². The second kappa shape index (κ2) is 7.98. The van der Waals surface area contributed by atoms with Crippen LogP contribution in [-0.2, 0) is 6.54 Å². The molecule has 0 saturated heterocycles. The molecule has 4 rings (SSSR count). The maximum absolute atomic E-state index is 12.9. The van der Waals surface area contributed by atoms with E-state index in [0.29, 0.717) is 16.6 Å². The molecule has 5 nitrogen and oxygen atoms in total. The molecular weight excluding hydrogens is 395 g/mol. The number of alkyl halides is 3. The summed E-state index contributed by atoms with van der Waals surface area (Å²) < 4.78 is 42.1. The molecule has 2 aromatic heterocycles. The zero-order valence-corrected chi connectivity index (χ0v) is 15.6. The van der Waals surface area contributed by atoms with Gasteiger partial charge in [0, 0.05) is 29.9 Å². The van der Waals surface area contributed by atoms with Crippen molar-refractivity contribution >= 4 is 27.6 Å². The Hall–Kier alpha value is -3.68. The van der Waals surface area contributed by atoms with Gasteiger partial charge in [-0.1, -0.05) is 36.4 Å². The first kappa shape index (κ1) is 19.6. The van der Waals surface area contributed by atoms with Crippen molar-refractivity contribution in [2.75, 3.05) is 6.61 Å². The maximum atomic E-state index is 12.9. The highest BCUT2D eigenvalue weighted by Gasteiger charge is 2.29. The van der Waals surface area contributed by atoms with Crippen LogP contribution in [0, 0.1) is 0 Å². The van der Waals surface area contributed by atoms with Gasteiger partial charge in [0.25, 0.3) is 5.91 Å². The SMILES string of the molecule is O=C(NCc1cccnc1OCC(F)(F)F)c1cc2ccccc2c2cccnc12. The molecule has 0 aliphatic rings. The lowest BCUT2D eigenvalue weighted by Crippen LogP contribution is -2.25. The molecule has 0 saturated carbocycles. The minimum Gasteiger partial charge on any atom is -0.468 e. The van der Waals surface area contributed by atoms with Gasteiger partial charge in [0.05, 0.1) is 11.1 Å². The van der Waals surface area contributed by atoms with Crippen molar-refractivity contribution < 1.29 is 22.7 Å². The summed E-state index contributed by atoms with van der Waals surface area (Å²) in [6.07, 6.45) is -1.54. The highest BCUT2D eigenvalue weighted by Crippen LogP contribution is 2.27. The molecule has 0 fully saturated rings.